The van der Waals surface area contributed by atoms with E-state index < -0.39 is 0 Å². The van der Waals surface area contributed by atoms with Crippen molar-refractivity contribution in [3.8, 4) is 0 Å². The van der Waals surface area contributed by atoms with Crippen molar-refractivity contribution in [2.45, 2.75) is 26.4 Å². The van der Waals surface area contributed by atoms with Crippen LogP contribution in [0, 0.1) is 11.8 Å². The van der Waals surface area contributed by atoms with Gasteiger partial charge in [0.1, 0.15) is 6.26 Å². The molecule has 0 aliphatic carbocycles. The molecule has 2 heterocycles. The number of aromatic nitrogens is 1. The van der Waals surface area contributed by atoms with E-state index in [4.69, 9.17) is 4.52 Å². The highest BCUT2D eigenvalue weighted by atomic mass is 16.5. The Bertz CT molecular complexity index is 615. The predicted octanol–water partition coefficient (Wildman–Crippen LogP) is 2.56. The molecule has 0 spiro atoms. The number of hydrogen-bond acceptors (Lipinski definition) is 4. The Balaban J connectivity index is 1.60. The van der Waals surface area contributed by atoms with Crippen LogP contribution in [0.15, 0.2) is 47.2 Å². The fourth-order valence-electron chi connectivity index (χ4n) is 3.49. The Hall–Kier alpha value is -2.14. The van der Waals surface area contributed by atoms with E-state index in [1.165, 1.54) is 11.8 Å². The Kier molecular flexibility index (Phi) is 4.76. The van der Waals surface area contributed by atoms with Crippen LogP contribution in [0.3, 0.4) is 0 Å². The van der Waals surface area contributed by atoms with Gasteiger partial charge in [-0.15, -0.1) is 0 Å². The van der Waals surface area contributed by atoms with Gasteiger partial charge in [0.25, 0.3) is 5.91 Å². The molecule has 3 atom stereocenters. The number of rotatable bonds is 4. The van der Waals surface area contributed by atoms with Crippen molar-refractivity contribution in [1.29, 1.82) is 0 Å². The SMILES string of the molecule is C[C@@H]1CN(Cc2ccccc2)C[C@H](C)C1NC(=O)c1ccon1. The second-order valence-corrected chi connectivity index (χ2v) is 6.52. The van der Waals surface area contributed by atoms with Crippen LogP contribution in [0.4, 0.5) is 0 Å². The molecule has 1 aliphatic heterocycles. The predicted molar refractivity (Wildman–Crippen MR) is 87.8 cm³/mol. The van der Waals surface area contributed by atoms with E-state index in [-0.39, 0.29) is 11.9 Å². The average Bonchev–Trinajstić information content (AvgIpc) is 3.06. The van der Waals surface area contributed by atoms with E-state index >= 15 is 0 Å². The van der Waals surface area contributed by atoms with Gasteiger partial charge in [-0.3, -0.25) is 9.69 Å². The van der Waals surface area contributed by atoms with Gasteiger partial charge >= 0.3 is 0 Å². The first kappa shape index (κ1) is 15.7. The highest BCUT2D eigenvalue weighted by Crippen LogP contribution is 2.24. The summed E-state index contributed by atoms with van der Waals surface area (Å²) in [5, 5.41) is 6.82. The first-order chi connectivity index (χ1) is 11.1. The fourth-order valence-corrected chi connectivity index (χ4v) is 3.49. The molecule has 1 N–H and O–H groups in total. The van der Waals surface area contributed by atoms with Gasteiger partial charge in [-0.05, 0) is 17.4 Å². The number of carbonyl (C=O) groups is 1. The summed E-state index contributed by atoms with van der Waals surface area (Å²) in [7, 11) is 0. The molecule has 122 valence electrons. The third kappa shape index (κ3) is 3.79. The molecule has 3 rings (SSSR count). The standard InChI is InChI=1S/C18H23N3O2/c1-13-10-21(12-15-6-4-3-5-7-15)11-14(2)17(13)19-18(22)16-8-9-23-20-16/h3-9,13-14,17H,10-12H2,1-2H3,(H,19,22)/t13-,14+,17?. The van der Waals surface area contributed by atoms with Gasteiger partial charge < -0.3 is 9.84 Å². The summed E-state index contributed by atoms with van der Waals surface area (Å²) < 4.78 is 4.74. The number of likely N-dealkylation sites (tertiary alicyclic amines) is 1. The largest absolute Gasteiger partial charge is 0.364 e. The summed E-state index contributed by atoms with van der Waals surface area (Å²) >= 11 is 0. The van der Waals surface area contributed by atoms with Gasteiger partial charge in [0.05, 0.1) is 0 Å². The van der Waals surface area contributed by atoms with Crippen molar-refractivity contribution >= 4 is 5.91 Å². The van der Waals surface area contributed by atoms with Crippen LogP contribution in [0.5, 0.6) is 0 Å². The zero-order valence-electron chi connectivity index (χ0n) is 13.6. The summed E-state index contributed by atoms with van der Waals surface area (Å²) in [6.07, 6.45) is 1.42. The maximum Gasteiger partial charge on any atom is 0.273 e. The lowest BCUT2D eigenvalue weighted by Gasteiger charge is -2.41. The second kappa shape index (κ2) is 6.96. The molecular formula is C18H23N3O2. The number of nitrogens with zero attached hydrogens (tertiary/aromatic N) is 2. The topological polar surface area (TPSA) is 58.4 Å². The lowest BCUT2D eigenvalue weighted by Crippen LogP contribution is -2.54. The molecule has 5 nitrogen and oxygen atoms in total. The van der Waals surface area contributed by atoms with Gasteiger partial charge in [-0.1, -0.05) is 49.3 Å². The van der Waals surface area contributed by atoms with Crippen molar-refractivity contribution < 1.29 is 9.32 Å². The first-order valence-corrected chi connectivity index (χ1v) is 8.11. The maximum atomic E-state index is 12.2. The highest BCUT2D eigenvalue weighted by Gasteiger charge is 2.33. The van der Waals surface area contributed by atoms with Crippen molar-refractivity contribution in [1.82, 2.24) is 15.4 Å². The van der Waals surface area contributed by atoms with E-state index in [1.807, 2.05) is 6.07 Å². The molecule has 0 bridgehead atoms. The van der Waals surface area contributed by atoms with Crippen LogP contribution in [0.25, 0.3) is 0 Å². The number of nitrogens with one attached hydrogen (secondary N) is 1. The van der Waals surface area contributed by atoms with E-state index in [1.54, 1.807) is 6.07 Å². The number of piperidine rings is 1. The highest BCUT2D eigenvalue weighted by molar-refractivity contribution is 5.92. The minimum absolute atomic E-state index is 0.154. The molecule has 1 fully saturated rings. The molecule has 5 heteroatoms. The Labute approximate surface area is 136 Å². The van der Waals surface area contributed by atoms with Gasteiger partial charge in [-0.25, -0.2) is 0 Å². The van der Waals surface area contributed by atoms with E-state index in [9.17, 15) is 4.79 Å². The van der Waals surface area contributed by atoms with Crippen LogP contribution >= 0.6 is 0 Å². The van der Waals surface area contributed by atoms with Crippen LogP contribution in [0.1, 0.15) is 29.9 Å². The molecule has 1 unspecified atom stereocenters. The second-order valence-electron chi connectivity index (χ2n) is 6.52. The molecule has 0 radical (unpaired) electrons. The molecule has 1 amide bonds. The first-order valence-electron chi connectivity index (χ1n) is 8.11. The van der Waals surface area contributed by atoms with Gasteiger partial charge in [0.15, 0.2) is 5.69 Å². The smallest absolute Gasteiger partial charge is 0.273 e. The van der Waals surface area contributed by atoms with Gasteiger partial charge in [0.2, 0.25) is 0 Å². The number of amides is 1. The van der Waals surface area contributed by atoms with E-state index in [2.05, 4.69) is 53.5 Å². The third-order valence-electron chi connectivity index (χ3n) is 4.54. The summed E-state index contributed by atoms with van der Waals surface area (Å²) in [4.78, 5) is 14.7. The Morgan fingerprint density at radius 2 is 1.91 bits per heavy atom. The summed E-state index contributed by atoms with van der Waals surface area (Å²) in [6.45, 7) is 7.30. The minimum atomic E-state index is -0.154. The summed E-state index contributed by atoms with van der Waals surface area (Å²) in [5.74, 6) is 0.621. The normalized spacial score (nSPS) is 25.2. The number of carbonyl (C=O) groups excluding carboxylic acids is 1. The maximum absolute atomic E-state index is 12.2. The number of benzene rings is 1. The van der Waals surface area contributed by atoms with Crippen molar-refractivity contribution in [2.24, 2.45) is 11.8 Å². The van der Waals surface area contributed by atoms with Crippen LogP contribution in [-0.4, -0.2) is 35.1 Å². The van der Waals surface area contributed by atoms with Crippen LogP contribution in [-0.2, 0) is 6.54 Å². The lowest BCUT2D eigenvalue weighted by atomic mass is 9.85. The van der Waals surface area contributed by atoms with Crippen molar-refractivity contribution in [3.63, 3.8) is 0 Å². The molecule has 23 heavy (non-hydrogen) atoms. The van der Waals surface area contributed by atoms with E-state index in [0.717, 1.165) is 19.6 Å². The molecule has 1 aromatic carbocycles. The Morgan fingerprint density at radius 1 is 1.22 bits per heavy atom. The zero-order valence-corrected chi connectivity index (χ0v) is 13.6. The molecular weight excluding hydrogens is 290 g/mol. The van der Waals surface area contributed by atoms with Crippen LogP contribution < -0.4 is 5.32 Å². The monoisotopic (exact) mass is 313 g/mol. The van der Waals surface area contributed by atoms with E-state index in [0.29, 0.717) is 17.5 Å². The van der Waals surface area contributed by atoms with Crippen molar-refractivity contribution in [2.75, 3.05) is 13.1 Å². The quantitative estimate of drug-likeness (QED) is 0.942. The molecule has 1 saturated heterocycles. The molecule has 2 aromatic rings. The van der Waals surface area contributed by atoms with Crippen LogP contribution in [0.2, 0.25) is 0 Å². The summed E-state index contributed by atoms with van der Waals surface area (Å²) in [5.41, 5.74) is 1.67. The van der Waals surface area contributed by atoms with Crippen molar-refractivity contribution in [3.05, 3.63) is 53.9 Å². The fraction of sp³-hybridized carbons (Fsp3) is 0.444. The Morgan fingerprint density at radius 3 is 2.52 bits per heavy atom. The average molecular weight is 313 g/mol. The lowest BCUT2D eigenvalue weighted by molar-refractivity contribution is 0.0726. The zero-order chi connectivity index (χ0) is 16.2. The molecule has 0 saturated carbocycles. The van der Waals surface area contributed by atoms with Gasteiger partial charge in [0, 0.05) is 31.7 Å². The van der Waals surface area contributed by atoms with Gasteiger partial charge in [-0.2, -0.15) is 0 Å². The molecule has 1 aliphatic rings. The number of hydrogen-bond donors (Lipinski definition) is 1. The molecule has 1 aromatic heterocycles. The third-order valence-corrected chi connectivity index (χ3v) is 4.54. The summed E-state index contributed by atoms with van der Waals surface area (Å²) in [6, 6.07) is 12.3. The minimum Gasteiger partial charge on any atom is -0.364 e.